The van der Waals surface area contributed by atoms with Gasteiger partial charge in [-0.3, -0.25) is 4.79 Å². The molecule has 2 nitrogen and oxygen atoms in total. The molecule has 0 spiro atoms. The van der Waals surface area contributed by atoms with Crippen LogP contribution in [0.2, 0.25) is 0 Å². The SMILES string of the molecule is CCCCCCC(C)=C(C)C(C)=C(C)CCCCCCCC(=O)O. The molecule has 0 aliphatic rings. The number of allylic oxidation sites excluding steroid dienone is 4. The number of hydrogen-bond acceptors (Lipinski definition) is 1. The van der Waals surface area contributed by atoms with Gasteiger partial charge in [-0.15, -0.1) is 0 Å². The second-order valence-electron chi connectivity index (χ2n) is 7.28. The van der Waals surface area contributed by atoms with Crippen molar-refractivity contribution in [2.75, 3.05) is 0 Å². The fraction of sp³-hybridized carbons (Fsp3) is 0.773. The van der Waals surface area contributed by atoms with Gasteiger partial charge in [0.1, 0.15) is 0 Å². The minimum absolute atomic E-state index is 0.319. The Kier molecular flexibility index (Phi) is 13.7. The van der Waals surface area contributed by atoms with Crippen LogP contribution in [-0.2, 0) is 4.79 Å². The van der Waals surface area contributed by atoms with Gasteiger partial charge in [-0.1, -0.05) is 56.6 Å². The van der Waals surface area contributed by atoms with Crippen LogP contribution in [0.5, 0.6) is 0 Å². The Morgan fingerprint density at radius 2 is 1.00 bits per heavy atom. The average Bonchev–Trinajstić information content (AvgIpc) is 2.55. The highest BCUT2D eigenvalue weighted by atomic mass is 16.4. The zero-order valence-corrected chi connectivity index (χ0v) is 16.8. The molecule has 0 rings (SSSR count). The fourth-order valence-corrected chi connectivity index (χ4v) is 3.03. The Morgan fingerprint density at radius 1 is 0.625 bits per heavy atom. The first-order valence-corrected chi connectivity index (χ1v) is 9.95. The summed E-state index contributed by atoms with van der Waals surface area (Å²) >= 11 is 0. The molecule has 0 aliphatic heterocycles. The summed E-state index contributed by atoms with van der Waals surface area (Å²) in [5.41, 5.74) is 6.04. The van der Waals surface area contributed by atoms with Gasteiger partial charge in [-0.2, -0.15) is 0 Å². The smallest absolute Gasteiger partial charge is 0.303 e. The fourth-order valence-electron chi connectivity index (χ4n) is 3.03. The molecule has 140 valence electrons. The number of unbranched alkanes of at least 4 members (excludes halogenated alkanes) is 7. The summed E-state index contributed by atoms with van der Waals surface area (Å²) in [6.45, 7) is 11.4. The van der Waals surface area contributed by atoms with Crippen molar-refractivity contribution in [3.8, 4) is 0 Å². The molecule has 24 heavy (non-hydrogen) atoms. The molecule has 0 aromatic rings. The quantitative estimate of drug-likeness (QED) is 0.264. The maximum absolute atomic E-state index is 10.5. The molecule has 2 heteroatoms. The third-order valence-corrected chi connectivity index (χ3v) is 5.19. The summed E-state index contributed by atoms with van der Waals surface area (Å²) in [5, 5.41) is 8.62. The summed E-state index contributed by atoms with van der Waals surface area (Å²) in [6, 6.07) is 0. The molecule has 0 unspecified atom stereocenters. The van der Waals surface area contributed by atoms with E-state index in [1.807, 2.05) is 0 Å². The van der Waals surface area contributed by atoms with Gasteiger partial charge in [0.15, 0.2) is 0 Å². The molecule has 0 saturated heterocycles. The molecule has 0 amide bonds. The third kappa shape index (κ3) is 11.5. The molecule has 0 heterocycles. The highest BCUT2D eigenvalue weighted by molar-refractivity contribution is 5.66. The van der Waals surface area contributed by atoms with Gasteiger partial charge in [0.25, 0.3) is 0 Å². The van der Waals surface area contributed by atoms with E-state index in [2.05, 4.69) is 34.6 Å². The molecule has 0 aromatic heterocycles. The van der Waals surface area contributed by atoms with E-state index >= 15 is 0 Å². The van der Waals surface area contributed by atoms with Gasteiger partial charge in [-0.25, -0.2) is 0 Å². The summed E-state index contributed by atoms with van der Waals surface area (Å²) in [6.07, 6.45) is 13.5. The number of rotatable bonds is 14. The second kappa shape index (κ2) is 14.3. The monoisotopic (exact) mass is 336 g/mol. The molecule has 0 bridgehead atoms. The first kappa shape index (κ1) is 22.9. The van der Waals surface area contributed by atoms with E-state index in [0.717, 1.165) is 19.3 Å². The summed E-state index contributed by atoms with van der Waals surface area (Å²) < 4.78 is 0. The third-order valence-electron chi connectivity index (χ3n) is 5.19. The van der Waals surface area contributed by atoms with Crippen LogP contribution in [0.15, 0.2) is 22.3 Å². The maximum Gasteiger partial charge on any atom is 0.303 e. The van der Waals surface area contributed by atoms with Crippen molar-refractivity contribution in [1.29, 1.82) is 0 Å². The number of carboxylic acids is 1. The molecule has 1 N–H and O–H groups in total. The van der Waals surface area contributed by atoms with Crippen molar-refractivity contribution in [3.63, 3.8) is 0 Å². The minimum atomic E-state index is -0.670. The average molecular weight is 337 g/mol. The molecular formula is C22H40O2. The normalized spacial score (nSPS) is 13.5. The molecular weight excluding hydrogens is 296 g/mol. The molecule has 0 atom stereocenters. The van der Waals surface area contributed by atoms with E-state index in [9.17, 15) is 4.79 Å². The first-order chi connectivity index (χ1) is 11.4. The van der Waals surface area contributed by atoms with Crippen molar-refractivity contribution in [1.82, 2.24) is 0 Å². The highest BCUT2D eigenvalue weighted by Crippen LogP contribution is 2.24. The summed E-state index contributed by atoms with van der Waals surface area (Å²) in [4.78, 5) is 10.5. The van der Waals surface area contributed by atoms with Crippen molar-refractivity contribution in [2.45, 2.75) is 112 Å². The van der Waals surface area contributed by atoms with E-state index < -0.39 is 5.97 Å². The first-order valence-electron chi connectivity index (χ1n) is 9.95. The zero-order chi connectivity index (χ0) is 18.4. The second-order valence-corrected chi connectivity index (χ2v) is 7.28. The number of carboxylic acid groups (broad SMARTS) is 1. The standard InChI is InChI=1S/C22H40O2/c1-6-7-8-12-15-18(2)20(4)21(5)19(3)16-13-10-9-11-14-17-22(23)24/h6-17H2,1-5H3,(H,23,24). The van der Waals surface area contributed by atoms with Gasteiger partial charge in [0.05, 0.1) is 0 Å². The Bertz CT molecular complexity index is 416. The van der Waals surface area contributed by atoms with Crippen molar-refractivity contribution < 1.29 is 9.90 Å². The van der Waals surface area contributed by atoms with Crippen molar-refractivity contribution in [2.24, 2.45) is 0 Å². The predicted octanol–water partition coefficient (Wildman–Crippen LogP) is 7.44. The van der Waals surface area contributed by atoms with Crippen LogP contribution >= 0.6 is 0 Å². The molecule has 0 saturated carbocycles. The minimum Gasteiger partial charge on any atom is -0.481 e. The lowest BCUT2D eigenvalue weighted by Crippen LogP contribution is -1.94. The predicted molar refractivity (Wildman–Crippen MR) is 105 cm³/mol. The van der Waals surface area contributed by atoms with Crippen LogP contribution in [0, 0.1) is 0 Å². The lowest BCUT2D eigenvalue weighted by Gasteiger charge is -2.13. The van der Waals surface area contributed by atoms with Crippen LogP contribution in [0.1, 0.15) is 112 Å². The van der Waals surface area contributed by atoms with E-state index in [0.29, 0.717) is 6.42 Å². The molecule has 0 fully saturated rings. The van der Waals surface area contributed by atoms with Crippen LogP contribution in [0.25, 0.3) is 0 Å². The molecule has 0 aromatic carbocycles. The Hall–Kier alpha value is -1.05. The van der Waals surface area contributed by atoms with E-state index in [1.54, 1.807) is 5.57 Å². The Balaban J connectivity index is 4.13. The van der Waals surface area contributed by atoms with Crippen LogP contribution < -0.4 is 0 Å². The Labute approximate surface area is 150 Å². The van der Waals surface area contributed by atoms with Gasteiger partial charge in [0.2, 0.25) is 0 Å². The zero-order valence-electron chi connectivity index (χ0n) is 16.8. The number of aliphatic carboxylic acids is 1. The Morgan fingerprint density at radius 3 is 1.42 bits per heavy atom. The number of carbonyl (C=O) groups is 1. The van der Waals surface area contributed by atoms with Gasteiger partial charge < -0.3 is 5.11 Å². The highest BCUT2D eigenvalue weighted by Gasteiger charge is 2.04. The summed E-state index contributed by atoms with van der Waals surface area (Å²) in [7, 11) is 0. The van der Waals surface area contributed by atoms with E-state index in [4.69, 9.17) is 5.11 Å². The molecule has 0 radical (unpaired) electrons. The van der Waals surface area contributed by atoms with Gasteiger partial charge in [0, 0.05) is 6.42 Å². The van der Waals surface area contributed by atoms with Crippen LogP contribution in [0.3, 0.4) is 0 Å². The van der Waals surface area contributed by atoms with E-state index in [-0.39, 0.29) is 0 Å². The van der Waals surface area contributed by atoms with Crippen LogP contribution in [-0.4, -0.2) is 11.1 Å². The van der Waals surface area contributed by atoms with Crippen molar-refractivity contribution >= 4 is 5.97 Å². The lowest BCUT2D eigenvalue weighted by atomic mass is 9.94. The lowest BCUT2D eigenvalue weighted by molar-refractivity contribution is -0.137. The largest absolute Gasteiger partial charge is 0.481 e. The van der Waals surface area contributed by atoms with Crippen molar-refractivity contribution in [3.05, 3.63) is 22.3 Å². The van der Waals surface area contributed by atoms with Gasteiger partial charge >= 0.3 is 5.97 Å². The molecule has 0 aliphatic carbocycles. The van der Waals surface area contributed by atoms with Crippen LogP contribution in [0.4, 0.5) is 0 Å². The van der Waals surface area contributed by atoms with E-state index in [1.165, 1.54) is 68.1 Å². The maximum atomic E-state index is 10.5. The topological polar surface area (TPSA) is 37.3 Å². The summed E-state index contributed by atoms with van der Waals surface area (Å²) in [5.74, 6) is -0.670. The number of hydrogen-bond donors (Lipinski definition) is 1. The van der Waals surface area contributed by atoms with Gasteiger partial charge in [-0.05, 0) is 70.9 Å².